The summed E-state index contributed by atoms with van der Waals surface area (Å²) < 4.78 is 99.9. The Labute approximate surface area is 248 Å². The van der Waals surface area contributed by atoms with Gasteiger partial charge in [-0.1, -0.05) is 58.4 Å². The number of fused-ring (bicyclic) bond motifs is 3. The Morgan fingerprint density at radius 3 is 2.24 bits per heavy atom. The molecule has 1 aliphatic heterocycles. The average Bonchev–Trinajstić information content (AvgIpc) is 2.96. The minimum atomic E-state index is -4.61. The number of halogens is 6. The fourth-order valence-corrected chi connectivity index (χ4v) is 7.97. The summed E-state index contributed by atoms with van der Waals surface area (Å²) in [7, 11) is -3.96. The van der Waals surface area contributed by atoms with Crippen LogP contribution in [0.15, 0.2) is 106 Å². The van der Waals surface area contributed by atoms with Crippen LogP contribution >= 0.6 is 15.9 Å². The number of benzene rings is 4. The van der Waals surface area contributed by atoms with Crippen molar-refractivity contribution in [2.75, 3.05) is 13.1 Å². The molecule has 10 heteroatoms. The molecular weight excluding hydrogens is 637 g/mol. The van der Waals surface area contributed by atoms with Crippen LogP contribution in [0, 0.1) is 17.6 Å². The van der Waals surface area contributed by atoms with Gasteiger partial charge in [0.1, 0.15) is 11.6 Å². The van der Waals surface area contributed by atoms with E-state index in [-0.39, 0.29) is 24.4 Å². The van der Waals surface area contributed by atoms with E-state index in [0.29, 0.717) is 32.3 Å². The molecule has 0 bridgehead atoms. The Balaban J connectivity index is 1.57. The summed E-state index contributed by atoms with van der Waals surface area (Å²) in [4.78, 5) is 0.0854. The van der Waals surface area contributed by atoms with Gasteiger partial charge in [0.2, 0.25) is 10.0 Å². The van der Waals surface area contributed by atoms with Gasteiger partial charge in [-0.2, -0.15) is 17.5 Å². The maximum absolute atomic E-state index is 15.0. The van der Waals surface area contributed by atoms with Crippen LogP contribution < -0.4 is 0 Å². The zero-order valence-electron chi connectivity index (χ0n) is 21.9. The van der Waals surface area contributed by atoms with E-state index in [1.165, 1.54) is 46.8 Å². The molecule has 0 spiro atoms. The summed E-state index contributed by atoms with van der Waals surface area (Å²) in [5, 5.41) is 0. The minimum absolute atomic E-state index is 0.000811. The van der Waals surface area contributed by atoms with Crippen LogP contribution in [0.4, 0.5) is 22.0 Å². The number of hydrogen-bond donors (Lipinski definition) is 0. The van der Waals surface area contributed by atoms with Crippen LogP contribution in [0.2, 0.25) is 0 Å². The van der Waals surface area contributed by atoms with E-state index in [1.54, 1.807) is 36.4 Å². The van der Waals surface area contributed by atoms with Crippen LogP contribution in [0.5, 0.6) is 0 Å². The topological polar surface area (TPSA) is 37.4 Å². The van der Waals surface area contributed by atoms with Crippen molar-refractivity contribution in [2.24, 2.45) is 5.92 Å². The fourth-order valence-electron chi connectivity index (χ4n) is 6.24. The molecular formula is C32H23BrF5NO2S. The number of hydrogen-bond acceptors (Lipinski definition) is 2. The lowest BCUT2D eigenvalue weighted by molar-refractivity contribution is -0.137. The second kappa shape index (κ2) is 10.4. The normalized spacial score (nSPS) is 20.9. The predicted molar refractivity (Wildman–Crippen MR) is 153 cm³/mol. The third-order valence-electron chi connectivity index (χ3n) is 8.22. The maximum Gasteiger partial charge on any atom is 0.416 e. The summed E-state index contributed by atoms with van der Waals surface area (Å²) in [6.07, 6.45) is -2.66. The predicted octanol–water partition coefficient (Wildman–Crippen LogP) is 8.19. The number of sulfonamides is 1. The van der Waals surface area contributed by atoms with E-state index >= 15 is 0 Å². The van der Waals surface area contributed by atoms with Crippen LogP contribution in [0.25, 0.3) is 5.57 Å². The first-order valence-corrected chi connectivity index (χ1v) is 15.3. The monoisotopic (exact) mass is 659 g/mol. The number of rotatable bonds is 4. The molecule has 0 unspecified atom stereocenters. The summed E-state index contributed by atoms with van der Waals surface area (Å²) in [6, 6.07) is 21.1. The van der Waals surface area contributed by atoms with Gasteiger partial charge in [0.25, 0.3) is 0 Å². The van der Waals surface area contributed by atoms with Gasteiger partial charge in [0.05, 0.1) is 10.5 Å². The number of piperidine rings is 1. The van der Waals surface area contributed by atoms with Gasteiger partial charge in [-0.15, -0.1) is 0 Å². The van der Waals surface area contributed by atoms with Crippen molar-refractivity contribution in [2.45, 2.75) is 22.9 Å². The molecule has 2 aliphatic rings. The molecule has 2 atom stereocenters. The highest BCUT2D eigenvalue weighted by molar-refractivity contribution is 9.10. The second-order valence-electron chi connectivity index (χ2n) is 10.5. The Kier molecular flexibility index (Phi) is 7.14. The molecule has 1 fully saturated rings. The lowest BCUT2D eigenvalue weighted by atomic mass is 9.57. The lowest BCUT2D eigenvalue weighted by Gasteiger charge is -2.50. The van der Waals surface area contributed by atoms with Gasteiger partial charge in [-0.3, -0.25) is 0 Å². The number of nitrogens with zero attached hydrogens (tertiary/aromatic N) is 1. The first-order chi connectivity index (χ1) is 19.9. The van der Waals surface area contributed by atoms with Crippen LogP contribution in [0.1, 0.15) is 34.2 Å². The van der Waals surface area contributed by atoms with E-state index in [0.717, 1.165) is 12.1 Å². The second-order valence-corrected chi connectivity index (χ2v) is 13.4. The van der Waals surface area contributed by atoms with Crippen LogP contribution in [0.3, 0.4) is 0 Å². The Hall–Kier alpha value is -3.34. The molecule has 216 valence electrons. The van der Waals surface area contributed by atoms with Crippen molar-refractivity contribution < 1.29 is 30.4 Å². The molecule has 0 aromatic heterocycles. The van der Waals surface area contributed by atoms with E-state index in [9.17, 15) is 30.4 Å². The Morgan fingerprint density at radius 1 is 0.857 bits per heavy atom. The molecule has 0 N–H and O–H groups in total. The summed E-state index contributed by atoms with van der Waals surface area (Å²) in [6.45, 7) is -0.0594. The zero-order valence-corrected chi connectivity index (χ0v) is 24.3. The average molecular weight is 661 g/mol. The van der Waals surface area contributed by atoms with Gasteiger partial charge in [0, 0.05) is 28.9 Å². The molecule has 0 saturated carbocycles. The molecule has 42 heavy (non-hydrogen) atoms. The summed E-state index contributed by atoms with van der Waals surface area (Å²) in [5.41, 5.74) is 0.632. The van der Waals surface area contributed by atoms with Crippen LogP contribution in [-0.2, 0) is 21.6 Å². The van der Waals surface area contributed by atoms with Gasteiger partial charge in [-0.05, 0) is 88.8 Å². The molecule has 1 aliphatic carbocycles. The first kappa shape index (κ1) is 28.8. The zero-order chi connectivity index (χ0) is 29.9. The van der Waals surface area contributed by atoms with Crippen LogP contribution in [-0.4, -0.2) is 25.8 Å². The molecule has 3 nitrogen and oxygen atoms in total. The molecule has 4 aromatic carbocycles. The third kappa shape index (κ3) is 4.89. The van der Waals surface area contributed by atoms with E-state index in [1.807, 2.05) is 6.08 Å². The third-order valence-corrected chi connectivity index (χ3v) is 10.6. The lowest BCUT2D eigenvalue weighted by Crippen LogP contribution is -2.53. The van der Waals surface area contributed by atoms with Crippen molar-refractivity contribution in [3.63, 3.8) is 0 Å². The highest BCUT2D eigenvalue weighted by Gasteiger charge is 2.51. The van der Waals surface area contributed by atoms with Crippen molar-refractivity contribution in [3.05, 3.63) is 141 Å². The molecule has 0 radical (unpaired) electrons. The van der Waals surface area contributed by atoms with Gasteiger partial charge in [-0.25, -0.2) is 17.2 Å². The largest absolute Gasteiger partial charge is 0.416 e. The molecule has 4 aromatic rings. The van der Waals surface area contributed by atoms with Gasteiger partial charge < -0.3 is 0 Å². The van der Waals surface area contributed by atoms with Crippen molar-refractivity contribution in [1.29, 1.82) is 0 Å². The van der Waals surface area contributed by atoms with Gasteiger partial charge >= 0.3 is 6.18 Å². The molecule has 1 saturated heterocycles. The SMILES string of the molecule is O=S(=O)(c1ccc(Br)cc1)N1CC[C@]2(c3cccc(C(F)(F)F)c3)c3cc(F)ccc3C(c3ccc(F)cc3)=C[C@@H]2C1. The summed E-state index contributed by atoms with van der Waals surface area (Å²) >= 11 is 3.31. The minimum Gasteiger partial charge on any atom is -0.207 e. The molecule has 1 heterocycles. The van der Waals surface area contributed by atoms with Crippen molar-refractivity contribution in [3.8, 4) is 0 Å². The highest BCUT2D eigenvalue weighted by atomic mass is 79.9. The van der Waals surface area contributed by atoms with E-state index in [4.69, 9.17) is 0 Å². The summed E-state index contributed by atoms with van der Waals surface area (Å²) in [5.74, 6) is -1.68. The fraction of sp³-hybridized carbons (Fsp3) is 0.188. The maximum atomic E-state index is 15.0. The highest BCUT2D eigenvalue weighted by Crippen LogP contribution is 2.54. The molecule has 0 amide bonds. The Morgan fingerprint density at radius 2 is 1.55 bits per heavy atom. The molecule has 6 rings (SSSR count). The smallest absolute Gasteiger partial charge is 0.207 e. The van der Waals surface area contributed by atoms with Gasteiger partial charge in [0.15, 0.2) is 0 Å². The van der Waals surface area contributed by atoms with E-state index < -0.39 is 44.7 Å². The van der Waals surface area contributed by atoms with Crippen molar-refractivity contribution >= 4 is 31.5 Å². The first-order valence-electron chi connectivity index (χ1n) is 13.1. The standard InChI is InChI=1S/C32H23BrF5NO2S/c33-24-6-11-27(12-7-24)42(40,41)39-15-14-31(21-2-1-3-22(16-21)32(36,37)38)23(19-39)17-29(20-4-8-25(34)9-5-20)28-13-10-26(35)18-30(28)31/h1-13,16-18,23H,14-15,19H2/t23-,31-/m1/s1. The Bertz CT molecular complexity index is 1800. The number of alkyl halides is 3. The quantitative estimate of drug-likeness (QED) is 0.207. The van der Waals surface area contributed by atoms with E-state index in [2.05, 4.69) is 15.9 Å². The van der Waals surface area contributed by atoms with Crippen molar-refractivity contribution in [1.82, 2.24) is 4.31 Å².